The van der Waals surface area contributed by atoms with Gasteiger partial charge in [-0.1, -0.05) is 0 Å². The standard InChI is InChI=1S/C18H25F3N2O5S/c1-17(2,3)28-16(24)23-10-6-5-7-13(23)18(4,21)29(25,26)12-8-9-14(22-11-12)27-15(19)20/h8-9,11,13,15H,5-7,10H2,1-4H3. The Kier molecular flexibility index (Phi) is 6.71. The van der Waals surface area contributed by atoms with Gasteiger partial charge in [0.25, 0.3) is 0 Å². The van der Waals surface area contributed by atoms with Crippen LogP contribution < -0.4 is 4.74 Å². The molecule has 0 radical (unpaired) electrons. The van der Waals surface area contributed by atoms with E-state index in [1.165, 1.54) is 0 Å². The number of rotatable bonds is 5. The van der Waals surface area contributed by atoms with Crippen LogP contribution in [0.1, 0.15) is 47.0 Å². The second-order valence-corrected chi connectivity index (χ2v) is 10.2. The fourth-order valence-electron chi connectivity index (χ4n) is 3.10. The van der Waals surface area contributed by atoms with Crippen molar-refractivity contribution in [3.63, 3.8) is 0 Å². The lowest BCUT2D eigenvalue weighted by atomic mass is 9.99. The number of amides is 1. The van der Waals surface area contributed by atoms with Crippen molar-refractivity contribution in [1.29, 1.82) is 0 Å². The van der Waals surface area contributed by atoms with Gasteiger partial charge in [0, 0.05) is 18.8 Å². The third-order valence-corrected chi connectivity index (χ3v) is 6.67. The minimum atomic E-state index is -4.62. The largest absolute Gasteiger partial charge is 0.444 e. The van der Waals surface area contributed by atoms with E-state index in [0.717, 1.165) is 30.2 Å². The molecule has 0 N–H and O–H groups in total. The first-order chi connectivity index (χ1) is 13.3. The highest BCUT2D eigenvalue weighted by Gasteiger charge is 2.52. The molecule has 0 aromatic carbocycles. The fourth-order valence-corrected chi connectivity index (χ4v) is 4.61. The molecule has 1 fully saturated rings. The van der Waals surface area contributed by atoms with Crippen LogP contribution in [0.3, 0.4) is 0 Å². The summed E-state index contributed by atoms with van der Waals surface area (Å²) in [5, 5.41) is -2.85. The number of pyridine rings is 1. The number of sulfone groups is 1. The predicted molar refractivity (Wildman–Crippen MR) is 98.1 cm³/mol. The van der Waals surface area contributed by atoms with E-state index in [9.17, 15) is 22.0 Å². The number of hydrogen-bond donors (Lipinski definition) is 0. The highest BCUT2D eigenvalue weighted by molar-refractivity contribution is 7.92. The van der Waals surface area contributed by atoms with Gasteiger partial charge in [-0.15, -0.1) is 0 Å². The van der Waals surface area contributed by atoms with Crippen LogP contribution in [-0.4, -0.2) is 54.2 Å². The van der Waals surface area contributed by atoms with Crippen molar-refractivity contribution in [3.05, 3.63) is 18.3 Å². The van der Waals surface area contributed by atoms with Gasteiger partial charge in [0.15, 0.2) is 0 Å². The number of hydrogen-bond acceptors (Lipinski definition) is 6. The molecule has 0 spiro atoms. The molecule has 29 heavy (non-hydrogen) atoms. The lowest BCUT2D eigenvalue weighted by Gasteiger charge is -2.42. The number of aromatic nitrogens is 1. The summed E-state index contributed by atoms with van der Waals surface area (Å²) >= 11 is 0. The molecule has 2 rings (SSSR count). The van der Waals surface area contributed by atoms with Crippen LogP contribution in [0.15, 0.2) is 23.2 Å². The Hall–Kier alpha value is -2.04. The van der Waals surface area contributed by atoms with Gasteiger partial charge in [0.05, 0.1) is 10.9 Å². The van der Waals surface area contributed by atoms with Crippen molar-refractivity contribution >= 4 is 15.9 Å². The lowest BCUT2D eigenvalue weighted by molar-refractivity contribution is -0.0529. The number of alkyl halides is 3. The normalized spacial score (nSPS) is 20.3. The molecule has 1 aliphatic heterocycles. The number of carbonyl (C=O) groups is 1. The summed E-state index contributed by atoms with van der Waals surface area (Å²) in [6.45, 7) is 2.89. The van der Waals surface area contributed by atoms with E-state index < -0.39 is 50.0 Å². The average molecular weight is 438 g/mol. The molecule has 0 saturated carbocycles. The predicted octanol–water partition coefficient (Wildman–Crippen LogP) is 3.93. The highest BCUT2D eigenvalue weighted by Crippen LogP contribution is 2.38. The Balaban J connectivity index is 2.33. The summed E-state index contributed by atoms with van der Waals surface area (Å²) < 4.78 is 75.5. The molecule has 164 valence electrons. The van der Waals surface area contributed by atoms with Crippen molar-refractivity contribution in [3.8, 4) is 5.88 Å². The molecule has 0 aliphatic carbocycles. The molecule has 11 heteroatoms. The maximum Gasteiger partial charge on any atom is 0.410 e. The molecule has 7 nitrogen and oxygen atoms in total. The minimum absolute atomic E-state index is 0.130. The molecule has 2 atom stereocenters. The van der Waals surface area contributed by atoms with Gasteiger partial charge >= 0.3 is 12.7 Å². The number of ether oxygens (including phenoxy) is 2. The van der Waals surface area contributed by atoms with E-state index in [2.05, 4.69) is 9.72 Å². The SMILES string of the molecule is CC(C)(C)OC(=O)N1CCCCC1C(C)(F)S(=O)(=O)c1ccc(OC(F)F)nc1. The van der Waals surface area contributed by atoms with E-state index in [-0.39, 0.29) is 13.0 Å². The van der Waals surface area contributed by atoms with E-state index in [0.29, 0.717) is 12.8 Å². The molecule has 2 unspecified atom stereocenters. The summed E-state index contributed by atoms with van der Waals surface area (Å²) in [5.74, 6) is -0.493. The Labute approximate surface area is 168 Å². The number of nitrogens with zero attached hydrogens (tertiary/aromatic N) is 2. The Morgan fingerprint density at radius 3 is 2.41 bits per heavy atom. The molecule has 0 bridgehead atoms. The summed E-state index contributed by atoms with van der Waals surface area (Å²) in [6, 6.07) is 0.591. The Morgan fingerprint density at radius 1 is 1.24 bits per heavy atom. The Morgan fingerprint density at radius 2 is 1.90 bits per heavy atom. The maximum atomic E-state index is 15.8. The van der Waals surface area contributed by atoms with Crippen LogP contribution in [-0.2, 0) is 14.6 Å². The first kappa shape index (κ1) is 23.2. The van der Waals surface area contributed by atoms with Crippen LogP contribution in [0, 0.1) is 0 Å². The lowest BCUT2D eigenvalue weighted by Crippen LogP contribution is -2.57. The van der Waals surface area contributed by atoms with Crippen molar-refractivity contribution in [2.24, 2.45) is 0 Å². The number of piperidine rings is 1. The number of likely N-dealkylation sites (tertiary alicyclic amines) is 1. The van der Waals surface area contributed by atoms with Crippen molar-refractivity contribution < 1.29 is 35.9 Å². The molecule has 1 aromatic rings. The van der Waals surface area contributed by atoms with Crippen molar-refractivity contribution in [1.82, 2.24) is 9.88 Å². The van der Waals surface area contributed by atoms with Crippen LogP contribution >= 0.6 is 0 Å². The quantitative estimate of drug-likeness (QED) is 0.692. The van der Waals surface area contributed by atoms with E-state index >= 15 is 4.39 Å². The van der Waals surface area contributed by atoms with Gasteiger partial charge in [-0.05, 0) is 53.0 Å². The molecular weight excluding hydrogens is 413 g/mol. The molecule has 1 aliphatic rings. The summed E-state index contributed by atoms with van der Waals surface area (Å²) in [6.07, 6.45) is 1.22. The van der Waals surface area contributed by atoms with Crippen LogP contribution in [0.4, 0.5) is 18.0 Å². The second-order valence-electron chi connectivity index (χ2n) is 7.89. The van der Waals surface area contributed by atoms with Gasteiger partial charge in [0.1, 0.15) is 5.60 Å². The van der Waals surface area contributed by atoms with Gasteiger partial charge in [-0.25, -0.2) is 22.6 Å². The van der Waals surface area contributed by atoms with Crippen molar-refractivity contribution in [2.75, 3.05) is 6.54 Å². The topological polar surface area (TPSA) is 85.8 Å². The zero-order chi connectivity index (χ0) is 22.0. The average Bonchev–Trinajstić information content (AvgIpc) is 2.60. The smallest absolute Gasteiger partial charge is 0.410 e. The van der Waals surface area contributed by atoms with Gasteiger partial charge in [-0.2, -0.15) is 8.78 Å². The van der Waals surface area contributed by atoms with E-state index in [1.54, 1.807) is 20.8 Å². The van der Waals surface area contributed by atoms with Crippen LogP contribution in [0.25, 0.3) is 0 Å². The van der Waals surface area contributed by atoms with Crippen molar-refractivity contribution in [2.45, 2.75) is 75.1 Å². The van der Waals surface area contributed by atoms with Crippen LogP contribution in [0.2, 0.25) is 0 Å². The molecular formula is C18H25F3N2O5S. The number of carbonyl (C=O) groups excluding carboxylic acids is 1. The summed E-state index contributed by atoms with van der Waals surface area (Å²) in [7, 11) is -4.62. The second kappa shape index (κ2) is 8.37. The minimum Gasteiger partial charge on any atom is -0.444 e. The Bertz CT molecular complexity index is 823. The molecule has 1 amide bonds. The monoisotopic (exact) mass is 438 g/mol. The van der Waals surface area contributed by atoms with Gasteiger partial charge < -0.3 is 14.4 Å². The molecule has 1 saturated heterocycles. The third kappa shape index (κ3) is 5.31. The van der Waals surface area contributed by atoms with E-state index in [1.807, 2.05) is 0 Å². The summed E-state index contributed by atoms with van der Waals surface area (Å²) in [5.41, 5.74) is -0.824. The highest BCUT2D eigenvalue weighted by atomic mass is 32.2. The first-order valence-corrected chi connectivity index (χ1v) is 10.6. The fraction of sp³-hybridized carbons (Fsp3) is 0.667. The van der Waals surface area contributed by atoms with E-state index in [4.69, 9.17) is 4.74 Å². The van der Waals surface area contributed by atoms with Gasteiger partial charge in [0.2, 0.25) is 20.7 Å². The van der Waals surface area contributed by atoms with Gasteiger partial charge in [-0.3, -0.25) is 0 Å². The maximum absolute atomic E-state index is 15.8. The first-order valence-electron chi connectivity index (χ1n) is 9.10. The van der Waals surface area contributed by atoms with Crippen LogP contribution in [0.5, 0.6) is 5.88 Å². The number of halogens is 3. The summed E-state index contributed by atoms with van der Waals surface area (Å²) in [4.78, 5) is 16.6. The zero-order valence-electron chi connectivity index (χ0n) is 16.7. The third-order valence-electron chi connectivity index (χ3n) is 4.48. The zero-order valence-corrected chi connectivity index (χ0v) is 17.5. The molecule has 1 aromatic heterocycles. The molecule has 2 heterocycles.